The number of benzene rings is 1. The van der Waals surface area contributed by atoms with Gasteiger partial charge in [-0.25, -0.2) is 0 Å². The molecule has 20 heavy (non-hydrogen) atoms. The van der Waals surface area contributed by atoms with E-state index in [-0.39, 0.29) is 6.04 Å². The molecule has 102 valence electrons. The molecule has 1 unspecified atom stereocenters. The fourth-order valence-corrected chi connectivity index (χ4v) is 3.18. The monoisotopic (exact) mass is 283 g/mol. The number of thiophene rings is 1. The molecule has 4 heteroatoms. The van der Waals surface area contributed by atoms with Crippen LogP contribution in [-0.4, -0.2) is 4.98 Å². The molecule has 0 aliphatic rings. The molecule has 0 radical (unpaired) electrons. The lowest BCUT2D eigenvalue weighted by Crippen LogP contribution is -2.06. The van der Waals surface area contributed by atoms with Gasteiger partial charge in [-0.1, -0.05) is 0 Å². The highest BCUT2D eigenvalue weighted by molar-refractivity contribution is 7.12. The number of aromatic nitrogens is 1. The predicted octanol–water partition coefficient (Wildman–Crippen LogP) is 4.36. The Bertz CT molecular complexity index is 748. The van der Waals surface area contributed by atoms with E-state index in [1.165, 1.54) is 9.75 Å². The van der Waals surface area contributed by atoms with Crippen molar-refractivity contribution in [3.63, 3.8) is 0 Å². The normalized spacial score (nSPS) is 12.5. The molecule has 0 aliphatic heterocycles. The molecule has 3 rings (SSSR count). The molecule has 0 spiro atoms. The first-order valence-corrected chi connectivity index (χ1v) is 7.43. The Morgan fingerprint density at radius 2 is 2.05 bits per heavy atom. The van der Waals surface area contributed by atoms with Gasteiger partial charge in [-0.05, 0) is 50.2 Å². The molecule has 2 heterocycles. The molecule has 1 aromatic carbocycles. The van der Waals surface area contributed by atoms with Crippen LogP contribution in [0.15, 0.2) is 42.6 Å². The van der Waals surface area contributed by atoms with Gasteiger partial charge in [0.2, 0.25) is 0 Å². The Kier molecular flexibility index (Phi) is 3.32. The van der Waals surface area contributed by atoms with Gasteiger partial charge in [0.1, 0.15) is 0 Å². The average Bonchev–Trinajstić information content (AvgIpc) is 2.89. The van der Waals surface area contributed by atoms with E-state index < -0.39 is 0 Å². The maximum absolute atomic E-state index is 6.00. The van der Waals surface area contributed by atoms with Gasteiger partial charge in [0, 0.05) is 27.0 Å². The third-order valence-electron chi connectivity index (χ3n) is 3.36. The zero-order valence-corrected chi connectivity index (χ0v) is 12.4. The standard InChI is InChI=1S/C16H17N3S/c1-10-5-8-15(20-10)11(2)19-14-7-6-13(17)12-4-3-9-18-16(12)14/h3-9,11,19H,17H2,1-2H3. The molecule has 0 bridgehead atoms. The number of hydrogen-bond acceptors (Lipinski definition) is 4. The van der Waals surface area contributed by atoms with Crippen LogP contribution in [0.5, 0.6) is 0 Å². The molecule has 0 fully saturated rings. The number of anilines is 2. The summed E-state index contributed by atoms with van der Waals surface area (Å²) in [6.07, 6.45) is 1.80. The average molecular weight is 283 g/mol. The summed E-state index contributed by atoms with van der Waals surface area (Å²) in [7, 11) is 0. The summed E-state index contributed by atoms with van der Waals surface area (Å²) in [5.41, 5.74) is 8.71. The SMILES string of the molecule is Cc1ccc(C(C)Nc2ccc(N)c3cccnc23)s1. The molecule has 3 aromatic rings. The van der Waals surface area contributed by atoms with Crippen LogP contribution in [0.1, 0.15) is 22.7 Å². The Balaban J connectivity index is 1.97. The smallest absolute Gasteiger partial charge is 0.0954 e. The third-order valence-corrected chi connectivity index (χ3v) is 4.55. The summed E-state index contributed by atoms with van der Waals surface area (Å²) >= 11 is 1.82. The quantitative estimate of drug-likeness (QED) is 0.702. The van der Waals surface area contributed by atoms with Crippen molar-refractivity contribution in [1.82, 2.24) is 4.98 Å². The number of hydrogen-bond donors (Lipinski definition) is 2. The Morgan fingerprint density at radius 1 is 1.20 bits per heavy atom. The first-order chi connectivity index (χ1) is 9.65. The molecule has 0 aliphatic carbocycles. The zero-order chi connectivity index (χ0) is 14.1. The Morgan fingerprint density at radius 3 is 2.80 bits per heavy atom. The summed E-state index contributed by atoms with van der Waals surface area (Å²) in [6.45, 7) is 4.29. The van der Waals surface area contributed by atoms with Crippen molar-refractivity contribution >= 4 is 33.6 Å². The lowest BCUT2D eigenvalue weighted by molar-refractivity contribution is 0.909. The van der Waals surface area contributed by atoms with E-state index in [1.807, 2.05) is 35.6 Å². The first-order valence-electron chi connectivity index (χ1n) is 6.61. The van der Waals surface area contributed by atoms with E-state index in [9.17, 15) is 0 Å². The van der Waals surface area contributed by atoms with Gasteiger partial charge in [0.15, 0.2) is 0 Å². The maximum Gasteiger partial charge on any atom is 0.0954 e. The van der Waals surface area contributed by atoms with E-state index in [4.69, 9.17) is 5.73 Å². The largest absolute Gasteiger partial charge is 0.398 e. The number of fused-ring (bicyclic) bond motifs is 1. The Hall–Kier alpha value is -2.07. The van der Waals surface area contributed by atoms with Crippen molar-refractivity contribution in [3.05, 3.63) is 52.3 Å². The lowest BCUT2D eigenvalue weighted by atomic mass is 10.1. The van der Waals surface area contributed by atoms with Crippen molar-refractivity contribution in [2.45, 2.75) is 19.9 Å². The predicted molar refractivity (Wildman–Crippen MR) is 87.2 cm³/mol. The molecule has 3 N–H and O–H groups in total. The molecule has 0 saturated heterocycles. The van der Waals surface area contributed by atoms with Crippen LogP contribution in [0.2, 0.25) is 0 Å². The topological polar surface area (TPSA) is 50.9 Å². The summed E-state index contributed by atoms with van der Waals surface area (Å²) in [4.78, 5) is 7.11. The van der Waals surface area contributed by atoms with Crippen LogP contribution in [0.25, 0.3) is 10.9 Å². The number of nitrogen functional groups attached to an aromatic ring is 1. The van der Waals surface area contributed by atoms with Crippen molar-refractivity contribution in [2.24, 2.45) is 0 Å². The van der Waals surface area contributed by atoms with Gasteiger partial charge in [0.05, 0.1) is 17.2 Å². The van der Waals surface area contributed by atoms with Crippen molar-refractivity contribution in [3.8, 4) is 0 Å². The first kappa shape index (κ1) is 12.9. The van der Waals surface area contributed by atoms with Crippen molar-refractivity contribution < 1.29 is 0 Å². The van der Waals surface area contributed by atoms with Gasteiger partial charge in [-0.2, -0.15) is 0 Å². The van der Waals surface area contributed by atoms with E-state index in [0.29, 0.717) is 0 Å². The minimum atomic E-state index is 0.252. The summed E-state index contributed by atoms with van der Waals surface area (Å²) in [5.74, 6) is 0. The van der Waals surface area contributed by atoms with Crippen LogP contribution >= 0.6 is 11.3 Å². The summed E-state index contributed by atoms with van der Waals surface area (Å²) in [6, 6.07) is 12.4. The van der Waals surface area contributed by atoms with E-state index in [0.717, 1.165) is 22.3 Å². The fourth-order valence-electron chi connectivity index (χ4n) is 2.30. The van der Waals surface area contributed by atoms with E-state index in [1.54, 1.807) is 6.20 Å². The van der Waals surface area contributed by atoms with Crippen LogP contribution in [-0.2, 0) is 0 Å². The molecule has 0 amide bonds. The number of pyridine rings is 1. The van der Waals surface area contributed by atoms with Gasteiger partial charge in [-0.3, -0.25) is 4.98 Å². The van der Waals surface area contributed by atoms with Crippen LogP contribution < -0.4 is 11.1 Å². The van der Waals surface area contributed by atoms with Gasteiger partial charge in [0.25, 0.3) is 0 Å². The molecule has 1 atom stereocenters. The minimum absolute atomic E-state index is 0.252. The maximum atomic E-state index is 6.00. The molecule has 3 nitrogen and oxygen atoms in total. The van der Waals surface area contributed by atoms with Crippen molar-refractivity contribution in [1.29, 1.82) is 0 Å². The number of rotatable bonds is 3. The second-order valence-corrected chi connectivity index (χ2v) is 6.24. The molecule has 2 aromatic heterocycles. The molecule has 0 saturated carbocycles. The van der Waals surface area contributed by atoms with Gasteiger partial charge in [-0.15, -0.1) is 11.3 Å². The highest BCUT2D eigenvalue weighted by atomic mass is 32.1. The lowest BCUT2D eigenvalue weighted by Gasteiger charge is -2.16. The van der Waals surface area contributed by atoms with Gasteiger partial charge < -0.3 is 11.1 Å². The number of nitrogens with one attached hydrogen (secondary N) is 1. The molecular weight excluding hydrogens is 266 g/mol. The minimum Gasteiger partial charge on any atom is -0.398 e. The van der Waals surface area contributed by atoms with E-state index >= 15 is 0 Å². The van der Waals surface area contributed by atoms with Crippen LogP contribution in [0.3, 0.4) is 0 Å². The third kappa shape index (κ3) is 2.34. The zero-order valence-electron chi connectivity index (χ0n) is 11.6. The van der Waals surface area contributed by atoms with Crippen molar-refractivity contribution in [2.75, 3.05) is 11.1 Å². The van der Waals surface area contributed by atoms with Crippen LogP contribution in [0.4, 0.5) is 11.4 Å². The van der Waals surface area contributed by atoms with E-state index in [2.05, 4.69) is 36.3 Å². The number of nitrogens with two attached hydrogens (primary N) is 1. The number of aryl methyl sites for hydroxylation is 1. The molecular formula is C16H17N3S. The summed E-state index contributed by atoms with van der Waals surface area (Å²) < 4.78 is 0. The highest BCUT2D eigenvalue weighted by Crippen LogP contribution is 2.31. The fraction of sp³-hybridized carbons (Fsp3) is 0.188. The summed E-state index contributed by atoms with van der Waals surface area (Å²) in [5, 5.41) is 4.53. The highest BCUT2D eigenvalue weighted by Gasteiger charge is 2.11. The van der Waals surface area contributed by atoms with Gasteiger partial charge >= 0.3 is 0 Å². The second-order valence-electron chi connectivity index (χ2n) is 4.92. The second kappa shape index (κ2) is 5.13. The van der Waals surface area contributed by atoms with Crippen LogP contribution in [0, 0.1) is 6.92 Å². The Labute approximate surface area is 122 Å². The number of nitrogens with zero attached hydrogens (tertiary/aromatic N) is 1.